The fraction of sp³-hybridized carbons (Fsp3) is 0.273. The normalized spacial score (nSPS) is 9.50. The molecule has 1 aromatic rings. The van der Waals surface area contributed by atoms with Crippen LogP contribution in [0, 0.1) is 18.2 Å². The number of rotatable bonds is 4. The second-order valence-corrected chi connectivity index (χ2v) is 2.74. The molecule has 14 heavy (non-hydrogen) atoms. The van der Waals surface area contributed by atoms with Gasteiger partial charge < -0.3 is 10.5 Å². The Morgan fingerprint density at radius 2 is 2.29 bits per heavy atom. The van der Waals surface area contributed by atoms with Gasteiger partial charge in [0.25, 0.3) is 0 Å². The van der Waals surface area contributed by atoms with Crippen LogP contribution in [0.2, 0.25) is 0 Å². The number of benzene rings is 1. The van der Waals surface area contributed by atoms with Crippen molar-refractivity contribution < 1.29 is 9.13 Å². The summed E-state index contributed by atoms with van der Waals surface area (Å²) in [7, 11) is 0. The second kappa shape index (κ2) is 5.25. The zero-order chi connectivity index (χ0) is 10.4. The molecule has 1 aromatic carbocycles. The van der Waals surface area contributed by atoms with E-state index in [1.54, 1.807) is 18.2 Å². The van der Waals surface area contributed by atoms with Gasteiger partial charge in [-0.2, -0.15) is 0 Å². The third kappa shape index (κ3) is 2.48. The largest absolute Gasteiger partial charge is 0.490 e. The number of nitrogens with two attached hydrogens (primary N) is 1. The molecule has 0 saturated carbocycles. The summed E-state index contributed by atoms with van der Waals surface area (Å²) >= 11 is 0. The summed E-state index contributed by atoms with van der Waals surface area (Å²) in [6, 6.07) is 4.89. The molecule has 0 unspecified atom stereocenters. The standard InChI is InChI=1S/C11H12FNO/c1-2-3-7-14-10-6-4-5-9(8-13)11(10)12/h1,4-6H,3,7-8,13H2. The number of terminal acetylenes is 1. The topological polar surface area (TPSA) is 35.2 Å². The van der Waals surface area contributed by atoms with Crippen LogP contribution in [0.1, 0.15) is 12.0 Å². The van der Waals surface area contributed by atoms with Crippen LogP contribution in [0.25, 0.3) is 0 Å². The molecule has 0 aliphatic rings. The van der Waals surface area contributed by atoms with E-state index in [9.17, 15) is 4.39 Å². The van der Waals surface area contributed by atoms with Crippen molar-refractivity contribution in [1.29, 1.82) is 0 Å². The van der Waals surface area contributed by atoms with Crippen molar-refractivity contribution in [3.63, 3.8) is 0 Å². The molecule has 0 aromatic heterocycles. The van der Waals surface area contributed by atoms with Gasteiger partial charge in [-0.25, -0.2) is 4.39 Å². The maximum absolute atomic E-state index is 13.4. The van der Waals surface area contributed by atoms with E-state index in [1.807, 2.05) is 0 Å². The zero-order valence-electron chi connectivity index (χ0n) is 7.79. The van der Waals surface area contributed by atoms with Crippen LogP contribution in [0.3, 0.4) is 0 Å². The Morgan fingerprint density at radius 1 is 1.50 bits per heavy atom. The lowest BCUT2D eigenvalue weighted by Crippen LogP contribution is -2.03. The van der Waals surface area contributed by atoms with Crippen LogP contribution in [-0.2, 0) is 6.54 Å². The highest BCUT2D eigenvalue weighted by Gasteiger charge is 2.06. The molecular formula is C11H12FNO. The summed E-state index contributed by atoms with van der Waals surface area (Å²) in [4.78, 5) is 0. The number of hydrogen-bond donors (Lipinski definition) is 1. The monoisotopic (exact) mass is 193 g/mol. The Hall–Kier alpha value is -1.53. The fourth-order valence-corrected chi connectivity index (χ4v) is 1.05. The van der Waals surface area contributed by atoms with Crippen molar-refractivity contribution in [2.24, 2.45) is 5.73 Å². The molecule has 0 heterocycles. The van der Waals surface area contributed by atoms with Gasteiger partial charge >= 0.3 is 0 Å². The van der Waals surface area contributed by atoms with Crippen molar-refractivity contribution in [1.82, 2.24) is 0 Å². The first kappa shape index (κ1) is 10.6. The second-order valence-electron chi connectivity index (χ2n) is 2.74. The van der Waals surface area contributed by atoms with E-state index < -0.39 is 5.82 Å². The van der Waals surface area contributed by atoms with Crippen molar-refractivity contribution in [3.05, 3.63) is 29.6 Å². The first-order valence-corrected chi connectivity index (χ1v) is 4.33. The first-order chi connectivity index (χ1) is 6.79. The average molecular weight is 193 g/mol. The van der Waals surface area contributed by atoms with E-state index in [2.05, 4.69) is 5.92 Å². The minimum atomic E-state index is -0.396. The number of hydrogen-bond acceptors (Lipinski definition) is 2. The molecule has 0 fully saturated rings. The molecule has 3 heteroatoms. The lowest BCUT2D eigenvalue weighted by Gasteiger charge is -2.07. The van der Waals surface area contributed by atoms with Crippen molar-refractivity contribution in [3.8, 4) is 18.1 Å². The van der Waals surface area contributed by atoms with E-state index >= 15 is 0 Å². The smallest absolute Gasteiger partial charge is 0.169 e. The Labute approximate surface area is 82.9 Å². The van der Waals surface area contributed by atoms with Crippen molar-refractivity contribution in [2.75, 3.05) is 6.61 Å². The molecule has 0 amide bonds. The summed E-state index contributed by atoms with van der Waals surface area (Å²) in [5.41, 5.74) is 5.79. The average Bonchev–Trinajstić information content (AvgIpc) is 2.21. The molecule has 0 spiro atoms. The highest BCUT2D eigenvalue weighted by Crippen LogP contribution is 2.19. The van der Waals surface area contributed by atoms with Gasteiger partial charge in [0.15, 0.2) is 11.6 Å². The number of halogens is 1. The summed E-state index contributed by atoms with van der Waals surface area (Å²) in [5.74, 6) is 2.23. The quantitative estimate of drug-likeness (QED) is 0.583. The Balaban J connectivity index is 2.72. The maximum atomic E-state index is 13.4. The van der Waals surface area contributed by atoms with Crippen LogP contribution in [-0.4, -0.2) is 6.61 Å². The Bertz CT molecular complexity index is 344. The van der Waals surface area contributed by atoms with Crippen LogP contribution in [0.15, 0.2) is 18.2 Å². The summed E-state index contributed by atoms with van der Waals surface area (Å²) in [6.45, 7) is 0.486. The molecule has 0 bridgehead atoms. The molecule has 0 aliphatic heterocycles. The van der Waals surface area contributed by atoms with E-state index in [4.69, 9.17) is 16.9 Å². The molecule has 0 radical (unpaired) electrons. The molecule has 74 valence electrons. The predicted molar refractivity (Wildman–Crippen MR) is 53.2 cm³/mol. The lowest BCUT2D eigenvalue weighted by atomic mass is 10.2. The van der Waals surface area contributed by atoms with Gasteiger partial charge in [-0.3, -0.25) is 0 Å². The van der Waals surface area contributed by atoms with E-state index in [0.717, 1.165) is 0 Å². The summed E-state index contributed by atoms with van der Waals surface area (Å²) in [5, 5.41) is 0. The Morgan fingerprint density at radius 3 is 2.93 bits per heavy atom. The minimum Gasteiger partial charge on any atom is -0.490 e. The van der Waals surface area contributed by atoms with Gasteiger partial charge in [-0.05, 0) is 6.07 Å². The molecule has 0 aliphatic carbocycles. The Kier molecular flexibility index (Phi) is 3.96. The lowest BCUT2D eigenvalue weighted by molar-refractivity contribution is 0.309. The van der Waals surface area contributed by atoms with Crippen molar-refractivity contribution in [2.45, 2.75) is 13.0 Å². The van der Waals surface area contributed by atoms with Crippen LogP contribution < -0.4 is 10.5 Å². The first-order valence-electron chi connectivity index (χ1n) is 4.33. The molecular weight excluding hydrogens is 181 g/mol. The summed E-state index contributed by atoms with van der Waals surface area (Å²) < 4.78 is 18.6. The van der Waals surface area contributed by atoms with Gasteiger partial charge in [0.05, 0.1) is 6.61 Å². The molecule has 0 saturated heterocycles. The third-order valence-corrected chi connectivity index (χ3v) is 1.77. The van der Waals surface area contributed by atoms with Crippen LogP contribution >= 0.6 is 0 Å². The molecule has 2 N–H and O–H groups in total. The molecule has 1 rings (SSSR count). The highest BCUT2D eigenvalue weighted by molar-refractivity contribution is 5.30. The molecule has 0 atom stereocenters. The predicted octanol–water partition coefficient (Wildman–Crippen LogP) is 1.69. The van der Waals surface area contributed by atoms with E-state index in [1.165, 1.54) is 0 Å². The highest BCUT2D eigenvalue weighted by atomic mass is 19.1. The maximum Gasteiger partial charge on any atom is 0.169 e. The SMILES string of the molecule is C#CCCOc1cccc(CN)c1F. The van der Waals surface area contributed by atoms with Gasteiger partial charge in [-0.15, -0.1) is 12.3 Å². The zero-order valence-corrected chi connectivity index (χ0v) is 7.79. The van der Waals surface area contributed by atoms with Gasteiger partial charge in [0.2, 0.25) is 0 Å². The summed E-state index contributed by atoms with van der Waals surface area (Å²) in [6.07, 6.45) is 5.51. The van der Waals surface area contributed by atoms with Crippen molar-refractivity contribution >= 4 is 0 Å². The van der Waals surface area contributed by atoms with Gasteiger partial charge in [0, 0.05) is 18.5 Å². The van der Waals surface area contributed by atoms with Crippen LogP contribution in [0.5, 0.6) is 5.75 Å². The third-order valence-electron chi connectivity index (χ3n) is 1.77. The van der Waals surface area contributed by atoms with E-state index in [-0.39, 0.29) is 12.3 Å². The minimum absolute atomic E-state index is 0.165. The fourth-order valence-electron chi connectivity index (χ4n) is 1.05. The van der Waals surface area contributed by atoms with E-state index in [0.29, 0.717) is 18.6 Å². The van der Waals surface area contributed by atoms with Crippen LogP contribution in [0.4, 0.5) is 4.39 Å². The molecule has 2 nitrogen and oxygen atoms in total. The van der Waals surface area contributed by atoms with Gasteiger partial charge in [0.1, 0.15) is 0 Å². The number of ether oxygens (including phenoxy) is 1. The van der Waals surface area contributed by atoms with Gasteiger partial charge in [-0.1, -0.05) is 12.1 Å².